The van der Waals surface area contributed by atoms with Gasteiger partial charge >= 0.3 is 11.9 Å². The van der Waals surface area contributed by atoms with Crippen LogP contribution in [0.5, 0.6) is 0 Å². The third kappa shape index (κ3) is 2.33. The van der Waals surface area contributed by atoms with Gasteiger partial charge in [-0.05, 0) is 13.5 Å². The fraction of sp³-hybridized carbons (Fsp3) is 0.286. The molecular weight excluding hydrogens is 148 g/mol. The number of hydrogen-bond acceptors (Lipinski definition) is 4. The molecule has 11 heavy (non-hydrogen) atoms. The zero-order chi connectivity index (χ0) is 8.27. The van der Waals surface area contributed by atoms with E-state index in [1.54, 1.807) is 6.92 Å². The first-order valence-corrected chi connectivity index (χ1v) is 3.14. The molecule has 0 fully saturated rings. The molecule has 0 saturated carbocycles. The first-order chi connectivity index (χ1) is 5.24. The van der Waals surface area contributed by atoms with Crippen LogP contribution in [0.2, 0.25) is 0 Å². The van der Waals surface area contributed by atoms with Crippen LogP contribution in [0, 0.1) is 0 Å². The predicted molar refractivity (Wildman–Crippen MR) is 36.0 cm³/mol. The van der Waals surface area contributed by atoms with Gasteiger partial charge in [0.1, 0.15) is 0 Å². The Bertz CT molecular complexity index is 216. The van der Waals surface area contributed by atoms with E-state index < -0.39 is 5.97 Å². The Hall–Kier alpha value is -1.45. The maximum absolute atomic E-state index is 10.8. The van der Waals surface area contributed by atoms with Crippen molar-refractivity contribution in [1.29, 1.82) is 0 Å². The maximum atomic E-state index is 10.8. The van der Waals surface area contributed by atoms with Crippen molar-refractivity contribution in [3.63, 3.8) is 0 Å². The second-order valence-corrected chi connectivity index (χ2v) is 1.80. The molecule has 0 radical (unpaired) electrons. The van der Waals surface area contributed by atoms with E-state index in [0.717, 1.165) is 0 Å². The standard InChI is InChI=1S/C7H8O4/c1-3-9-5(2)7(8)11-6-4-10-6/h4H,2-3H2,1H3. The van der Waals surface area contributed by atoms with Gasteiger partial charge in [-0.15, -0.1) is 0 Å². The zero-order valence-corrected chi connectivity index (χ0v) is 6.12. The van der Waals surface area contributed by atoms with Crippen LogP contribution in [0.25, 0.3) is 0 Å². The van der Waals surface area contributed by atoms with Gasteiger partial charge in [-0.1, -0.05) is 0 Å². The van der Waals surface area contributed by atoms with Crippen molar-refractivity contribution >= 4 is 5.97 Å². The number of esters is 1. The number of carbonyl (C=O) groups is 1. The van der Waals surface area contributed by atoms with E-state index >= 15 is 0 Å². The molecule has 0 unspecified atom stereocenters. The Morgan fingerprint density at radius 3 is 2.91 bits per heavy atom. The Kier molecular flexibility index (Phi) is 2.15. The zero-order valence-electron chi connectivity index (χ0n) is 6.12. The first kappa shape index (κ1) is 7.65. The fourth-order valence-electron chi connectivity index (χ4n) is 0.454. The second kappa shape index (κ2) is 3.09. The average Bonchev–Trinajstić information content (AvgIpc) is 2.72. The van der Waals surface area contributed by atoms with Crippen molar-refractivity contribution in [2.75, 3.05) is 6.61 Å². The highest BCUT2D eigenvalue weighted by Gasteiger charge is 2.19. The lowest BCUT2D eigenvalue weighted by atomic mass is 10.6. The van der Waals surface area contributed by atoms with Gasteiger partial charge in [-0.25, -0.2) is 4.79 Å². The summed E-state index contributed by atoms with van der Waals surface area (Å²) in [5.74, 6) is -0.421. The highest BCUT2D eigenvalue weighted by Crippen LogP contribution is 2.16. The third-order valence-electron chi connectivity index (χ3n) is 0.954. The lowest BCUT2D eigenvalue weighted by Gasteiger charge is -2.02. The molecule has 0 atom stereocenters. The molecule has 1 heterocycles. The Balaban J connectivity index is 2.27. The summed E-state index contributed by atoms with van der Waals surface area (Å²) in [4.78, 5) is 10.8. The van der Waals surface area contributed by atoms with Crippen molar-refractivity contribution in [3.8, 4) is 0 Å². The summed E-state index contributed by atoms with van der Waals surface area (Å²) in [5, 5.41) is 0. The van der Waals surface area contributed by atoms with E-state index in [0.29, 0.717) is 6.61 Å². The number of hydrogen-bond donors (Lipinski definition) is 0. The van der Waals surface area contributed by atoms with E-state index in [-0.39, 0.29) is 11.7 Å². The SMILES string of the molecule is C=C(OCC)C(=O)OC1=CO1. The lowest BCUT2D eigenvalue weighted by Crippen LogP contribution is -2.07. The van der Waals surface area contributed by atoms with Gasteiger partial charge in [0, 0.05) is 0 Å². The van der Waals surface area contributed by atoms with Crippen LogP contribution < -0.4 is 0 Å². The molecule has 0 saturated heterocycles. The molecule has 0 bridgehead atoms. The molecule has 0 aromatic carbocycles. The van der Waals surface area contributed by atoms with Crippen molar-refractivity contribution in [2.45, 2.75) is 6.92 Å². The molecule has 1 aliphatic rings. The van der Waals surface area contributed by atoms with Crippen molar-refractivity contribution in [3.05, 3.63) is 24.5 Å². The van der Waals surface area contributed by atoms with Gasteiger partial charge in [-0.2, -0.15) is 0 Å². The molecule has 1 aliphatic heterocycles. The monoisotopic (exact) mass is 156 g/mol. The van der Waals surface area contributed by atoms with Gasteiger partial charge in [0.05, 0.1) is 6.61 Å². The van der Waals surface area contributed by atoms with Gasteiger partial charge in [0.25, 0.3) is 0 Å². The van der Waals surface area contributed by atoms with Gasteiger partial charge in [-0.3, -0.25) is 0 Å². The Morgan fingerprint density at radius 2 is 2.45 bits per heavy atom. The summed E-state index contributed by atoms with van der Waals surface area (Å²) >= 11 is 0. The summed E-state index contributed by atoms with van der Waals surface area (Å²) in [6.07, 6.45) is 1.32. The minimum absolute atomic E-state index is 0.0103. The fourth-order valence-corrected chi connectivity index (χ4v) is 0.454. The topological polar surface area (TPSA) is 48.1 Å². The van der Waals surface area contributed by atoms with Crippen LogP contribution in [0.3, 0.4) is 0 Å². The molecule has 60 valence electrons. The molecule has 0 N–H and O–H groups in total. The highest BCUT2D eigenvalue weighted by atomic mass is 16.7. The van der Waals surface area contributed by atoms with Crippen LogP contribution in [0.4, 0.5) is 0 Å². The van der Waals surface area contributed by atoms with Crippen LogP contribution in [-0.4, -0.2) is 12.6 Å². The van der Waals surface area contributed by atoms with E-state index in [4.69, 9.17) is 4.74 Å². The van der Waals surface area contributed by atoms with Gasteiger partial charge < -0.3 is 14.2 Å². The van der Waals surface area contributed by atoms with Crippen molar-refractivity contribution in [1.82, 2.24) is 0 Å². The van der Waals surface area contributed by atoms with Crippen molar-refractivity contribution < 1.29 is 19.0 Å². The number of carbonyl (C=O) groups excluding carboxylic acids is 1. The first-order valence-electron chi connectivity index (χ1n) is 3.14. The highest BCUT2D eigenvalue weighted by molar-refractivity contribution is 5.86. The van der Waals surface area contributed by atoms with E-state index in [1.165, 1.54) is 6.26 Å². The number of ether oxygens (including phenoxy) is 3. The second-order valence-electron chi connectivity index (χ2n) is 1.80. The third-order valence-corrected chi connectivity index (χ3v) is 0.954. The largest absolute Gasteiger partial charge is 0.487 e. The van der Waals surface area contributed by atoms with E-state index in [1.807, 2.05) is 0 Å². The summed E-state index contributed by atoms with van der Waals surface area (Å²) in [7, 11) is 0. The quantitative estimate of drug-likeness (QED) is 0.345. The molecule has 0 aliphatic carbocycles. The molecule has 0 spiro atoms. The minimum Gasteiger partial charge on any atom is -0.487 e. The summed E-state index contributed by atoms with van der Waals surface area (Å²) in [6, 6.07) is 0. The van der Waals surface area contributed by atoms with Crippen molar-refractivity contribution in [2.24, 2.45) is 0 Å². The average molecular weight is 156 g/mol. The predicted octanol–water partition coefficient (Wildman–Crippen LogP) is 0.909. The summed E-state index contributed by atoms with van der Waals surface area (Å²) in [6.45, 7) is 5.50. The molecule has 0 aromatic rings. The van der Waals surface area contributed by atoms with Gasteiger partial charge in [0.2, 0.25) is 0 Å². The molecular formula is C7H8O4. The summed E-state index contributed by atoms with van der Waals surface area (Å²) in [5.41, 5.74) is 0. The smallest absolute Gasteiger partial charge is 0.380 e. The van der Waals surface area contributed by atoms with Crippen LogP contribution in [-0.2, 0) is 19.0 Å². The Morgan fingerprint density at radius 1 is 1.82 bits per heavy atom. The van der Waals surface area contributed by atoms with Crippen LogP contribution in [0.1, 0.15) is 6.92 Å². The number of rotatable bonds is 4. The van der Waals surface area contributed by atoms with E-state index in [9.17, 15) is 4.79 Å². The maximum Gasteiger partial charge on any atom is 0.380 e. The lowest BCUT2D eigenvalue weighted by molar-refractivity contribution is -0.140. The Labute approximate surface area is 64.0 Å². The normalized spacial score (nSPS) is 12.6. The summed E-state index contributed by atoms with van der Waals surface area (Å²) < 4.78 is 13.8. The van der Waals surface area contributed by atoms with Crippen LogP contribution >= 0.6 is 0 Å². The molecule has 0 amide bonds. The molecule has 4 nitrogen and oxygen atoms in total. The minimum atomic E-state index is -0.615. The molecule has 1 rings (SSSR count). The molecule has 0 aromatic heterocycles. The van der Waals surface area contributed by atoms with Crippen LogP contribution in [0.15, 0.2) is 24.5 Å². The van der Waals surface area contributed by atoms with E-state index in [2.05, 4.69) is 16.1 Å². The van der Waals surface area contributed by atoms with Gasteiger partial charge in [0.15, 0.2) is 12.0 Å². The molecule has 4 heteroatoms.